The van der Waals surface area contributed by atoms with Crippen molar-refractivity contribution in [2.24, 2.45) is 11.8 Å². The third-order valence-electron chi connectivity index (χ3n) is 4.45. The number of hydrogen-bond acceptors (Lipinski definition) is 5. The van der Waals surface area contributed by atoms with Crippen LogP contribution in [0.3, 0.4) is 0 Å². The Morgan fingerprint density at radius 3 is 2.89 bits per heavy atom. The van der Waals surface area contributed by atoms with E-state index in [9.17, 15) is 4.79 Å². The van der Waals surface area contributed by atoms with Crippen molar-refractivity contribution in [3.05, 3.63) is 10.6 Å². The van der Waals surface area contributed by atoms with Crippen LogP contribution in [-0.4, -0.2) is 45.6 Å². The Morgan fingerprint density at radius 2 is 2.28 bits per heavy atom. The van der Waals surface area contributed by atoms with Crippen LogP contribution in [-0.2, 0) is 0 Å². The van der Waals surface area contributed by atoms with E-state index in [4.69, 9.17) is 0 Å². The normalized spacial score (nSPS) is 29.6. The van der Waals surface area contributed by atoms with Crippen molar-refractivity contribution >= 4 is 17.4 Å². The molecule has 1 N–H and O–H groups in total. The summed E-state index contributed by atoms with van der Waals surface area (Å²) >= 11 is 1.21. The molecule has 98 valence electrons. The monoisotopic (exact) mass is 266 g/mol. The zero-order valence-electron chi connectivity index (χ0n) is 10.9. The van der Waals surface area contributed by atoms with Crippen LogP contribution >= 0.6 is 11.5 Å². The van der Waals surface area contributed by atoms with Gasteiger partial charge < -0.3 is 10.2 Å². The SMILES string of the molecule is Cc1nnsc1C(=O)N1CC2CNCC2C1(C)C. The Kier molecular flexibility index (Phi) is 2.67. The molecule has 0 bridgehead atoms. The predicted molar refractivity (Wildman–Crippen MR) is 69.6 cm³/mol. The Morgan fingerprint density at radius 1 is 1.50 bits per heavy atom. The van der Waals surface area contributed by atoms with Gasteiger partial charge in [-0.05, 0) is 44.1 Å². The number of fused-ring (bicyclic) bond motifs is 1. The van der Waals surface area contributed by atoms with E-state index in [0.717, 1.165) is 25.3 Å². The van der Waals surface area contributed by atoms with Crippen molar-refractivity contribution in [2.75, 3.05) is 19.6 Å². The molecule has 18 heavy (non-hydrogen) atoms. The summed E-state index contributed by atoms with van der Waals surface area (Å²) in [7, 11) is 0. The van der Waals surface area contributed by atoms with Gasteiger partial charge in [-0.25, -0.2) is 0 Å². The van der Waals surface area contributed by atoms with Crippen molar-refractivity contribution in [3.8, 4) is 0 Å². The van der Waals surface area contributed by atoms with E-state index in [1.54, 1.807) is 0 Å². The summed E-state index contributed by atoms with van der Waals surface area (Å²) in [5.74, 6) is 1.25. The van der Waals surface area contributed by atoms with Crippen LogP contribution in [0, 0.1) is 18.8 Å². The fourth-order valence-corrected chi connectivity index (χ4v) is 3.92. The van der Waals surface area contributed by atoms with Gasteiger partial charge in [-0.15, -0.1) is 5.10 Å². The number of aryl methyl sites for hydroxylation is 1. The molecule has 1 amide bonds. The predicted octanol–water partition coefficient (Wildman–Crippen LogP) is 0.917. The molecular weight excluding hydrogens is 248 g/mol. The van der Waals surface area contributed by atoms with E-state index >= 15 is 0 Å². The van der Waals surface area contributed by atoms with Gasteiger partial charge in [0.05, 0.1) is 5.69 Å². The number of aromatic nitrogens is 2. The number of nitrogens with zero attached hydrogens (tertiary/aromatic N) is 3. The van der Waals surface area contributed by atoms with Crippen molar-refractivity contribution in [1.82, 2.24) is 19.8 Å². The maximum absolute atomic E-state index is 12.6. The van der Waals surface area contributed by atoms with Gasteiger partial charge >= 0.3 is 0 Å². The highest BCUT2D eigenvalue weighted by molar-refractivity contribution is 7.07. The number of amides is 1. The fourth-order valence-electron chi connectivity index (χ4n) is 3.32. The molecular formula is C12H18N4OS. The van der Waals surface area contributed by atoms with Crippen LogP contribution in [0.4, 0.5) is 0 Å². The molecule has 2 aliphatic rings. The van der Waals surface area contributed by atoms with Crippen LogP contribution in [0.15, 0.2) is 0 Å². The molecule has 5 nitrogen and oxygen atoms in total. The molecule has 2 saturated heterocycles. The van der Waals surface area contributed by atoms with E-state index in [1.807, 2.05) is 11.8 Å². The number of rotatable bonds is 1. The second-order valence-electron chi connectivity index (χ2n) is 5.78. The molecule has 0 spiro atoms. The first-order valence-electron chi connectivity index (χ1n) is 6.33. The van der Waals surface area contributed by atoms with E-state index in [2.05, 4.69) is 28.8 Å². The van der Waals surface area contributed by atoms with Crippen molar-refractivity contribution < 1.29 is 4.79 Å². The Hall–Kier alpha value is -1.01. The lowest BCUT2D eigenvalue weighted by atomic mass is 9.85. The molecule has 1 aromatic rings. The molecule has 0 aromatic carbocycles. The summed E-state index contributed by atoms with van der Waals surface area (Å²) in [5.41, 5.74) is 0.665. The molecule has 3 rings (SSSR count). The van der Waals surface area contributed by atoms with Crippen LogP contribution < -0.4 is 5.32 Å². The Bertz CT molecular complexity index is 484. The third-order valence-corrected chi connectivity index (χ3v) is 5.27. The number of nitrogens with one attached hydrogen (secondary N) is 1. The van der Waals surface area contributed by atoms with Gasteiger partial charge in [-0.2, -0.15) is 0 Å². The van der Waals surface area contributed by atoms with Crippen molar-refractivity contribution in [3.63, 3.8) is 0 Å². The highest BCUT2D eigenvalue weighted by Gasteiger charge is 2.51. The van der Waals surface area contributed by atoms with Gasteiger partial charge in [0.2, 0.25) is 0 Å². The summed E-state index contributed by atoms with van der Waals surface area (Å²) < 4.78 is 3.87. The number of hydrogen-bond donors (Lipinski definition) is 1. The minimum absolute atomic E-state index is 0.0817. The maximum Gasteiger partial charge on any atom is 0.267 e. The van der Waals surface area contributed by atoms with Gasteiger partial charge in [-0.3, -0.25) is 4.79 Å². The first kappa shape index (κ1) is 12.0. The lowest BCUT2D eigenvalue weighted by Crippen LogP contribution is -2.47. The smallest absolute Gasteiger partial charge is 0.267 e. The molecule has 2 fully saturated rings. The summed E-state index contributed by atoms with van der Waals surface area (Å²) in [4.78, 5) is 15.3. The first-order valence-corrected chi connectivity index (χ1v) is 7.11. The topological polar surface area (TPSA) is 58.1 Å². The maximum atomic E-state index is 12.6. The first-order chi connectivity index (χ1) is 8.51. The molecule has 3 heterocycles. The van der Waals surface area contributed by atoms with Gasteiger partial charge in [0.1, 0.15) is 4.88 Å². The molecule has 0 radical (unpaired) electrons. The second-order valence-corrected chi connectivity index (χ2v) is 6.54. The van der Waals surface area contributed by atoms with Gasteiger partial charge in [0, 0.05) is 25.2 Å². The summed E-state index contributed by atoms with van der Waals surface area (Å²) in [6, 6.07) is 0. The standard InChI is InChI=1S/C12H18N4OS/c1-7-10(18-15-14-7)11(17)16-6-8-4-13-5-9(8)12(16,2)3/h8-9,13H,4-6H2,1-3H3. The van der Waals surface area contributed by atoms with Crippen LogP contribution in [0.25, 0.3) is 0 Å². The van der Waals surface area contributed by atoms with E-state index in [0.29, 0.717) is 16.7 Å². The highest BCUT2D eigenvalue weighted by atomic mass is 32.1. The summed E-state index contributed by atoms with van der Waals surface area (Å²) in [5, 5.41) is 7.36. The average Bonchev–Trinajstić information content (AvgIpc) is 2.96. The Balaban J connectivity index is 1.90. The molecule has 2 aliphatic heterocycles. The zero-order valence-corrected chi connectivity index (χ0v) is 11.8. The van der Waals surface area contributed by atoms with E-state index in [-0.39, 0.29) is 11.4 Å². The van der Waals surface area contributed by atoms with Gasteiger partial charge in [-0.1, -0.05) is 4.49 Å². The number of carbonyl (C=O) groups excluding carboxylic acids is 1. The van der Waals surface area contributed by atoms with Crippen LogP contribution in [0.1, 0.15) is 29.2 Å². The lowest BCUT2D eigenvalue weighted by Gasteiger charge is -2.35. The summed E-state index contributed by atoms with van der Waals surface area (Å²) in [6.07, 6.45) is 0. The molecule has 0 saturated carbocycles. The molecule has 0 aliphatic carbocycles. The van der Waals surface area contributed by atoms with Crippen LogP contribution in [0.5, 0.6) is 0 Å². The quantitative estimate of drug-likeness (QED) is 0.821. The summed E-state index contributed by atoms with van der Waals surface area (Å²) in [6.45, 7) is 9.08. The zero-order chi connectivity index (χ0) is 12.9. The van der Waals surface area contributed by atoms with Crippen molar-refractivity contribution in [1.29, 1.82) is 0 Å². The van der Waals surface area contributed by atoms with Crippen molar-refractivity contribution in [2.45, 2.75) is 26.3 Å². The molecule has 2 unspecified atom stereocenters. The van der Waals surface area contributed by atoms with Crippen LogP contribution in [0.2, 0.25) is 0 Å². The van der Waals surface area contributed by atoms with E-state index < -0.39 is 0 Å². The largest absolute Gasteiger partial charge is 0.332 e. The highest BCUT2D eigenvalue weighted by Crippen LogP contribution is 2.41. The Labute approximate surface area is 111 Å². The minimum atomic E-state index is -0.0817. The minimum Gasteiger partial charge on any atom is -0.332 e. The number of carbonyl (C=O) groups is 1. The third kappa shape index (κ3) is 1.59. The lowest BCUT2D eigenvalue weighted by molar-refractivity contribution is 0.0607. The van der Waals surface area contributed by atoms with Gasteiger partial charge in [0.15, 0.2) is 0 Å². The molecule has 6 heteroatoms. The fraction of sp³-hybridized carbons (Fsp3) is 0.750. The molecule has 1 aromatic heterocycles. The van der Waals surface area contributed by atoms with Gasteiger partial charge in [0.25, 0.3) is 5.91 Å². The average molecular weight is 266 g/mol. The van der Waals surface area contributed by atoms with E-state index in [1.165, 1.54) is 11.5 Å². The number of likely N-dealkylation sites (tertiary alicyclic amines) is 1. The second kappa shape index (κ2) is 3.99. The molecule has 2 atom stereocenters.